The van der Waals surface area contributed by atoms with Crippen LogP contribution < -0.4 is 21.7 Å². The number of aliphatic hydroxyl groups excluding tert-OH is 1. The van der Waals surface area contributed by atoms with Crippen molar-refractivity contribution in [3.63, 3.8) is 0 Å². The van der Waals surface area contributed by atoms with Gasteiger partial charge >= 0.3 is 5.97 Å². The van der Waals surface area contributed by atoms with Gasteiger partial charge in [0.2, 0.25) is 17.7 Å². The molecule has 0 aliphatic carbocycles. The molecule has 12 heteroatoms. The Morgan fingerprint density at radius 2 is 1.32 bits per heavy atom. The van der Waals surface area contributed by atoms with Crippen LogP contribution in [0.1, 0.15) is 33.1 Å². The summed E-state index contributed by atoms with van der Waals surface area (Å²) in [6, 6.07) is -4.11. The summed E-state index contributed by atoms with van der Waals surface area (Å²) >= 11 is 3.07. The highest BCUT2D eigenvalue weighted by Gasteiger charge is 2.30. The number of carbonyl (C=O) groups is 4. The molecular formula is C19H36N4O6S2. The fourth-order valence-electron chi connectivity index (χ4n) is 2.59. The fraction of sp³-hybridized carbons (Fsp3) is 0.789. The van der Waals surface area contributed by atoms with Gasteiger partial charge in [0.05, 0.1) is 12.6 Å². The lowest BCUT2D eigenvalue weighted by Gasteiger charge is -2.25. The van der Waals surface area contributed by atoms with Gasteiger partial charge in [0.1, 0.15) is 18.1 Å². The van der Waals surface area contributed by atoms with Crippen molar-refractivity contribution in [1.82, 2.24) is 16.0 Å². The Bertz CT molecular complexity index is 594. The summed E-state index contributed by atoms with van der Waals surface area (Å²) < 4.78 is 0. The van der Waals surface area contributed by atoms with E-state index in [1.54, 1.807) is 11.8 Å². The van der Waals surface area contributed by atoms with Crippen LogP contribution >= 0.6 is 23.5 Å². The number of rotatable bonds is 16. The summed E-state index contributed by atoms with van der Waals surface area (Å²) in [4.78, 5) is 48.9. The average molecular weight is 481 g/mol. The Balaban J connectivity index is 5.31. The summed E-state index contributed by atoms with van der Waals surface area (Å²) in [6.45, 7) is 2.93. The molecule has 0 fully saturated rings. The van der Waals surface area contributed by atoms with E-state index in [-0.39, 0.29) is 12.3 Å². The van der Waals surface area contributed by atoms with Crippen molar-refractivity contribution in [2.45, 2.75) is 57.3 Å². The van der Waals surface area contributed by atoms with E-state index in [1.807, 2.05) is 26.4 Å². The molecule has 0 radical (unpaired) electrons. The molecule has 180 valence electrons. The van der Waals surface area contributed by atoms with Crippen molar-refractivity contribution in [2.75, 3.05) is 30.6 Å². The first-order valence-electron chi connectivity index (χ1n) is 10.1. The second-order valence-electron chi connectivity index (χ2n) is 7.50. The highest BCUT2D eigenvalue weighted by Crippen LogP contribution is 2.08. The molecule has 31 heavy (non-hydrogen) atoms. The SMILES string of the molecule is CSCCC(N)C(=O)NC(CCSC)C(=O)NC(CC(C)C)C(=O)NC(CO)C(=O)O. The van der Waals surface area contributed by atoms with Gasteiger partial charge in [-0.1, -0.05) is 13.8 Å². The number of hydrogen-bond acceptors (Lipinski definition) is 8. The number of carboxylic acids is 1. The number of amides is 3. The Morgan fingerprint density at radius 1 is 0.839 bits per heavy atom. The Morgan fingerprint density at radius 3 is 1.81 bits per heavy atom. The number of hydrogen-bond donors (Lipinski definition) is 6. The summed E-state index contributed by atoms with van der Waals surface area (Å²) in [5.41, 5.74) is 5.89. The van der Waals surface area contributed by atoms with Gasteiger partial charge in [0.25, 0.3) is 0 Å². The quantitative estimate of drug-likeness (QED) is 0.169. The van der Waals surface area contributed by atoms with Gasteiger partial charge in [-0.05, 0) is 49.2 Å². The minimum absolute atomic E-state index is 0.0210. The number of nitrogens with one attached hydrogen (secondary N) is 3. The van der Waals surface area contributed by atoms with Crippen molar-refractivity contribution in [3.8, 4) is 0 Å². The van der Waals surface area contributed by atoms with Gasteiger partial charge in [0, 0.05) is 0 Å². The molecule has 0 aromatic carbocycles. The summed E-state index contributed by atoms with van der Waals surface area (Å²) in [7, 11) is 0. The van der Waals surface area contributed by atoms with Crippen molar-refractivity contribution in [2.24, 2.45) is 11.7 Å². The number of carboxylic acid groups (broad SMARTS) is 1. The summed E-state index contributed by atoms with van der Waals surface area (Å²) in [5, 5.41) is 25.7. The van der Waals surface area contributed by atoms with E-state index in [9.17, 15) is 19.2 Å². The number of aliphatic hydroxyl groups is 1. The zero-order chi connectivity index (χ0) is 24.0. The lowest BCUT2D eigenvalue weighted by Crippen LogP contribution is -2.57. The van der Waals surface area contributed by atoms with Gasteiger partial charge in [-0.3, -0.25) is 14.4 Å². The number of thioether (sulfide) groups is 2. The smallest absolute Gasteiger partial charge is 0.328 e. The molecule has 0 aromatic heterocycles. The van der Waals surface area contributed by atoms with Crippen LogP contribution in [0.3, 0.4) is 0 Å². The predicted molar refractivity (Wildman–Crippen MR) is 124 cm³/mol. The number of aliphatic carboxylic acids is 1. The molecule has 0 saturated carbocycles. The van der Waals surface area contributed by atoms with Gasteiger partial charge in [0.15, 0.2) is 0 Å². The molecule has 0 rings (SSSR count). The molecule has 0 spiro atoms. The topological polar surface area (TPSA) is 171 Å². The van der Waals surface area contributed by atoms with Gasteiger partial charge in [-0.25, -0.2) is 4.79 Å². The van der Waals surface area contributed by atoms with E-state index in [2.05, 4.69) is 16.0 Å². The highest BCUT2D eigenvalue weighted by atomic mass is 32.2. The summed E-state index contributed by atoms with van der Waals surface area (Å²) in [5.74, 6) is -1.74. The lowest BCUT2D eigenvalue weighted by molar-refractivity contribution is -0.143. The molecule has 10 nitrogen and oxygen atoms in total. The van der Waals surface area contributed by atoms with E-state index in [0.717, 1.165) is 0 Å². The second kappa shape index (κ2) is 16.2. The maximum atomic E-state index is 12.9. The van der Waals surface area contributed by atoms with E-state index in [0.29, 0.717) is 24.3 Å². The first-order chi connectivity index (χ1) is 14.6. The van der Waals surface area contributed by atoms with Crippen molar-refractivity contribution in [3.05, 3.63) is 0 Å². The van der Waals surface area contributed by atoms with Crippen LogP contribution in [-0.2, 0) is 19.2 Å². The van der Waals surface area contributed by atoms with Crippen molar-refractivity contribution in [1.29, 1.82) is 0 Å². The van der Waals surface area contributed by atoms with Crippen LogP contribution in [0.5, 0.6) is 0 Å². The highest BCUT2D eigenvalue weighted by molar-refractivity contribution is 7.98. The third kappa shape index (κ3) is 12.2. The van der Waals surface area contributed by atoms with E-state index < -0.39 is 54.5 Å². The Labute approximate surface area is 192 Å². The van der Waals surface area contributed by atoms with Crippen molar-refractivity contribution >= 4 is 47.2 Å². The molecule has 4 unspecified atom stereocenters. The molecule has 0 aliphatic heterocycles. The van der Waals surface area contributed by atoms with Crippen LogP contribution in [0, 0.1) is 5.92 Å². The Kier molecular flexibility index (Phi) is 15.4. The third-order valence-electron chi connectivity index (χ3n) is 4.35. The minimum Gasteiger partial charge on any atom is -0.480 e. The Hall–Kier alpha value is -1.50. The monoisotopic (exact) mass is 480 g/mol. The molecule has 0 aliphatic rings. The zero-order valence-electron chi connectivity index (χ0n) is 18.6. The standard InChI is InChI=1S/C19H36N4O6S2/c1-11(2)9-14(18(27)23-15(10-24)19(28)29)22-17(26)13(6-8-31-4)21-16(25)12(20)5-7-30-3/h11-15,24H,5-10,20H2,1-4H3,(H,21,25)(H,22,26)(H,23,27)(H,28,29). The normalized spacial score (nSPS) is 14.9. The minimum atomic E-state index is -1.47. The maximum Gasteiger partial charge on any atom is 0.328 e. The number of carbonyl (C=O) groups excluding carboxylic acids is 3. The average Bonchev–Trinajstić information content (AvgIpc) is 2.71. The third-order valence-corrected chi connectivity index (χ3v) is 5.64. The largest absolute Gasteiger partial charge is 0.480 e. The van der Waals surface area contributed by atoms with Crippen molar-refractivity contribution < 1.29 is 29.4 Å². The first-order valence-corrected chi connectivity index (χ1v) is 12.8. The van der Waals surface area contributed by atoms with Crippen LogP contribution in [0.4, 0.5) is 0 Å². The van der Waals surface area contributed by atoms with E-state index >= 15 is 0 Å². The first kappa shape index (κ1) is 29.5. The fourth-order valence-corrected chi connectivity index (χ4v) is 3.55. The van der Waals surface area contributed by atoms with Gasteiger partial charge in [-0.15, -0.1) is 0 Å². The molecule has 0 saturated heterocycles. The lowest BCUT2D eigenvalue weighted by atomic mass is 10.0. The van der Waals surface area contributed by atoms with Crippen LogP contribution in [-0.4, -0.2) is 88.7 Å². The molecule has 7 N–H and O–H groups in total. The van der Waals surface area contributed by atoms with Crippen LogP contribution in [0.2, 0.25) is 0 Å². The molecule has 0 bridgehead atoms. The second-order valence-corrected chi connectivity index (χ2v) is 9.47. The molecule has 3 amide bonds. The van der Waals surface area contributed by atoms with Crippen LogP contribution in [0.25, 0.3) is 0 Å². The molecule has 0 heterocycles. The van der Waals surface area contributed by atoms with Gasteiger partial charge < -0.3 is 31.9 Å². The summed E-state index contributed by atoms with van der Waals surface area (Å²) in [6.07, 6.45) is 4.85. The molecular weight excluding hydrogens is 444 g/mol. The number of nitrogens with two attached hydrogens (primary N) is 1. The molecule has 0 aromatic rings. The predicted octanol–water partition coefficient (Wildman–Crippen LogP) is -0.603. The zero-order valence-corrected chi connectivity index (χ0v) is 20.2. The van der Waals surface area contributed by atoms with Crippen LogP contribution in [0.15, 0.2) is 0 Å². The van der Waals surface area contributed by atoms with E-state index in [4.69, 9.17) is 15.9 Å². The molecule has 4 atom stereocenters. The van der Waals surface area contributed by atoms with E-state index in [1.165, 1.54) is 11.8 Å². The maximum absolute atomic E-state index is 12.9. The van der Waals surface area contributed by atoms with Gasteiger partial charge in [-0.2, -0.15) is 23.5 Å².